The number of rotatable bonds is 12. The van der Waals surface area contributed by atoms with Crippen molar-refractivity contribution < 1.29 is 4.79 Å². The molecule has 226 valence electrons. The molecule has 0 bridgehead atoms. The van der Waals surface area contributed by atoms with Gasteiger partial charge in [0.25, 0.3) is 11.5 Å². The summed E-state index contributed by atoms with van der Waals surface area (Å²) in [4.78, 5) is 36.7. The van der Waals surface area contributed by atoms with Gasteiger partial charge in [-0.05, 0) is 74.3 Å². The summed E-state index contributed by atoms with van der Waals surface area (Å²) in [5, 5.41) is 8.29. The maximum Gasteiger partial charge on any atom is 0.258 e. The van der Waals surface area contributed by atoms with Gasteiger partial charge in [0.1, 0.15) is 0 Å². The van der Waals surface area contributed by atoms with Gasteiger partial charge in [-0.25, -0.2) is 0 Å². The van der Waals surface area contributed by atoms with Crippen molar-refractivity contribution in [2.24, 2.45) is 5.41 Å². The van der Waals surface area contributed by atoms with Crippen molar-refractivity contribution in [1.82, 2.24) is 29.5 Å². The lowest BCUT2D eigenvalue weighted by Gasteiger charge is -2.34. The smallest absolute Gasteiger partial charge is 0.258 e. The highest BCUT2D eigenvalue weighted by molar-refractivity contribution is 6.04. The Labute approximate surface area is 253 Å². The summed E-state index contributed by atoms with van der Waals surface area (Å²) in [5.41, 5.74) is 5.44. The number of anilines is 1. The summed E-state index contributed by atoms with van der Waals surface area (Å²) in [6.45, 7) is 11.3. The molecule has 5 rings (SSSR count). The molecule has 0 fully saturated rings. The van der Waals surface area contributed by atoms with Crippen LogP contribution >= 0.6 is 0 Å². The van der Waals surface area contributed by atoms with Crippen LogP contribution in [0.1, 0.15) is 49.5 Å². The van der Waals surface area contributed by atoms with Crippen molar-refractivity contribution in [3.63, 3.8) is 0 Å². The van der Waals surface area contributed by atoms with Crippen LogP contribution in [0.25, 0.3) is 22.2 Å². The van der Waals surface area contributed by atoms with Crippen LogP contribution in [0.15, 0.2) is 77.5 Å². The molecule has 0 spiro atoms. The van der Waals surface area contributed by atoms with Crippen LogP contribution in [0, 0.1) is 5.41 Å². The molecule has 0 aliphatic heterocycles. The normalized spacial score (nSPS) is 13.7. The summed E-state index contributed by atoms with van der Waals surface area (Å²) in [6, 6.07) is 10.1. The molecule has 1 aliphatic rings. The zero-order valence-electron chi connectivity index (χ0n) is 25.9. The molecule has 0 saturated heterocycles. The molecule has 43 heavy (non-hydrogen) atoms. The van der Waals surface area contributed by atoms with E-state index in [0.29, 0.717) is 29.1 Å². The number of fused-ring (bicyclic) bond motifs is 1. The summed E-state index contributed by atoms with van der Waals surface area (Å²) in [7, 11) is 4.24. The highest BCUT2D eigenvalue weighted by Crippen LogP contribution is 2.26. The fourth-order valence-corrected chi connectivity index (χ4v) is 5.97. The molecule has 0 atom stereocenters. The second-order valence-corrected chi connectivity index (χ2v) is 12.6. The van der Waals surface area contributed by atoms with Gasteiger partial charge >= 0.3 is 0 Å². The number of pyridine rings is 1. The maximum absolute atomic E-state index is 13.0. The maximum atomic E-state index is 13.0. The quantitative estimate of drug-likeness (QED) is 0.200. The van der Waals surface area contributed by atoms with Gasteiger partial charge in [0, 0.05) is 42.9 Å². The van der Waals surface area contributed by atoms with E-state index in [-0.39, 0.29) is 16.9 Å². The lowest BCUT2D eigenvalue weighted by molar-refractivity contribution is 0.102. The van der Waals surface area contributed by atoms with Crippen LogP contribution in [0.2, 0.25) is 0 Å². The van der Waals surface area contributed by atoms with Gasteiger partial charge in [0.05, 0.1) is 35.2 Å². The Balaban J connectivity index is 1.29. The number of aromatic nitrogens is 4. The monoisotopic (exact) mass is 581 g/mol. The van der Waals surface area contributed by atoms with Gasteiger partial charge in [-0.15, -0.1) is 0 Å². The summed E-state index contributed by atoms with van der Waals surface area (Å²) in [5.74, 6) is -0.284. The number of hydrogen-bond acceptors (Lipinski definition) is 5. The lowest BCUT2D eigenvalue weighted by Crippen LogP contribution is -2.39. The van der Waals surface area contributed by atoms with Crippen molar-refractivity contribution in [2.75, 3.05) is 39.0 Å². The van der Waals surface area contributed by atoms with Crippen LogP contribution in [0.4, 0.5) is 5.69 Å². The second kappa shape index (κ2) is 13.0. The minimum Gasteiger partial charge on any atom is -0.354 e. The van der Waals surface area contributed by atoms with Crippen molar-refractivity contribution in [3.8, 4) is 11.3 Å². The summed E-state index contributed by atoms with van der Waals surface area (Å²) in [6.07, 6.45) is 13.4. The highest BCUT2D eigenvalue weighted by Gasteiger charge is 2.22. The van der Waals surface area contributed by atoms with E-state index in [2.05, 4.69) is 101 Å². The molecule has 3 N–H and O–H groups in total. The SMILES string of the molecule is CCN(Cc1ccc2[nH]c(-c3cc(NC(=O)c4cnn(CC5=CCCC=C5)c4)c[nH]c3=O)cc2c1)CC(C)(C)CN(C)C. The number of nitrogens with zero attached hydrogens (tertiary/aromatic N) is 4. The topological polar surface area (TPSA) is 102 Å². The molecule has 1 amide bonds. The van der Waals surface area contributed by atoms with Crippen LogP contribution < -0.4 is 10.9 Å². The standard InChI is InChI=1S/C34H43N7O2/c1-6-40(23-34(2,3)22-39(4)5)19-25-12-13-30-26(14-25)15-31(38-30)29-16-28(18-35-33(29)43)37-32(42)27-17-36-41(21-27)20-24-10-8-7-9-11-24/h8,10-18,21,38H,6-7,9,19-20,22-23H2,1-5H3,(H,35,43)(H,37,42). The largest absolute Gasteiger partial charge is 0.354 e. The highest BCUT2D eigenvalue weighted by atomic mass is 16.1. The first-order chi connectivity index (χ1) is 20.6. The molecule has 3 heterocycles. The molecule has 0 radical (unpaired) electrons. The Hall–Kier alpha value is -4.21. The first-order valence-electron chi connectivity index (χ1n) is 15.0. The third-order valence-corrected chi connectivity index (χ3v) is 7.70. The molecule has 9 heteroatoms. The van der Waals surface area contributed by atoms with Gasteiger partial charge in [-0.2, -0.15) is 5.10 Å². The molecule has 1 aliphatic carbocycles. The van der Waals surface area contributed by atoms with Crippen LogP contribution in [-0.4, -0.2) is 69.2 Å². The molecule has 9 nitrogen and oxygen atoms in total. The van der Waals surface area contributed by atoms with Gasteiger partial charge in [0.2, 0.25) is 0 Å². The Kier molecular flexibility index (Phi) is 9.13. The Morgan fingerprint density at radius 2 is 1.98 bits per heavy atom. The van der Waals surface area contributed by atoms with Gasteiger partial charge in [-0.3, -0.25) is 19.2 Å². The molecule has 4 aromatic rings. The lowest BCUT2D eigenvalue weighted by atomic mass is 9.92. The Morgan fingerprint density at radius 3 is 2.72 bits per heavy atom. The number of nitrogens with one attached hydrogen (secondary N) is 3. The zero-order chi connectivity index (χ0) is 30.6. The number of benzene rings is 1. The third-order valence-electron chi connectivity index (χ3n) is 7.70. The van der Waals surface area contributed by atoms with E-state index in [9.17, 15) is 9.59 Å². The van der Waals surface area contributed by atoms with Gasteiger partial charge in [-0.1, -0.05) is 45.1 Å². The molecule has 0 unspecified atom stereocenters. The first-order valence-corrected chi connectivity index (χ1v) is 15.0. The van der Waals surface area contributed by atoms with E-state index in [4.69, 9.17) is 0 Å². The van der Waals surface area contributed by atoms with Gasteiger partial charge in [0.15, 0.2) is 0 Å². The van der Waals surface area contributed by atoms with Crippen LogP contribution in [-0.2, 0) is 13.1 Å². The van der Waals surface area contributed by atoms with E-state index in [0.717, 1.165) is 49.9 Å². The van der Waals surface area contributed by atoms with Crippen LogP contribution in [0.3, 0.4) is 0 Å². The van der Waals surface area contributed by atoms with Crippen molar-refractivity contribution in [2.45, 2.75) is 46.7 Å². The third kappa shape index (κ3) is 7.80. The second-order valence-electron chi connectivity index (χ2n) is 12.6. The first kappa shape index (κ1) is 30.3. The van der Waals surface area contributed by atoms with Crippen molar-refractivity contribution in [3.05, 3.63) is 94.2 Å². The average molecular weight is 582 g/mol. The van der Waals surface area contributed by atoms with Crippen LogP contribution in [0.5, 0.6) is 0 Å². The number of amides is 1. The molecular weight excluding hydrogens is 538 g/mol. The average Bonchev–Trinajstić information content (AvgIpc) is 3.60. The predicted octanol–water partition coefficient (Wildman–Crippen LogP) is 5.66. The molecule has 1 aromatic carbocycles. The molecular formula is C34H43N7O2. The molecule has 0 saturated carbocycles. The number of allylic oxidation sites excluding steroid dienone is 4. The predicted molar refractivity (Wildman–Crippen MR) is 174 cm³/mol. The van der Waals surface area contributed by atoms with Crippen molar-refractivity contribution >= 4 is 22.5 Å². The Morgan fingerprint density at radius 1 is 1.14 bits per heavy atom. The van der Waals surface area contributed by atoms with E-state index >= 15 is 0 Å². The Bertz CT molecular complexity index is 1700. The van der Waals surface area contributed by atoms with Crippen molar-refractivity contribution in [1.29, 1.82) is 0 Å². The van der Waals surface area contributed by atoms with E-state index in [1.807, 2.05) is 6.07 Å². The summed E-state index contributed by atoms with van der Waals surface area (Å²) < 4.78 is 1.76. The minimum absolute atomic E-state index is 0.178. The van der Waals surface area contributed by atoms with E-state index in [1.54, 1.807) is 23.1 Å². The van der Waals surface area contributed by atoms with Gasteiger partial charge < -0.3 is 20.2 Å². The molecule has 3 aromatic heterocycles. The number of hydrogen-bond donors (Lipinski definition) is 3. The number of aromatic amines is 2. The van der Waals surface area contributed by atoms with E-state index < -0.39 is 0 Å². The fourth-order valence-electron chi connectivity index (χ4n) is 5.97. The number of H-pyrrole nitrogens is 2. The summed E-state index contributed by atoms with van der Waals surface area (Å²) >= 11 is 0. The fraction of sp³-hybridized carbons (Fsp3) is 0.382. The zero-order valence-corrected chi connectivity index (χ0v) is 25.9. The number of carbonyl (C=O) groups is 1. The van der Waals surface area contributed by atoms with E-state index in [1.165, 1.54) is 17.3 Å². The number of carbonyl (C=O) groups excluding carboxylic acids is 1. The minimum atomic E-state index is -0.284.